The normalized spacial score (nSPS) is 38.6. The fourth-order valence-electron chi connectivity index (χ4n) is 4.52. The van der Waals surface area contributed by atoms with Gasteiger partial charge in [-0.25, -0.2) is 0 Å². The van der Waals surface area contributed by atoms with Crippen molar-refractivity contribution in [3.05, 3.63) is 0 Å². The largest absolute Gasteiger partial charge is 0.389 e. The number of hydrogen-bond acceptors (Lipinski definition) is 4. The van der Waals surface area contributed by atoms with Crippen LogP contribution in [0.2, 0.25) is 0 Å². The molecule has 3 rings (SSSR count). The van der Waals surface area contributed by atoms with Crippen LogP contribution in [0.1, 0.15) is 51.9 Å². The first-order valence-corrected chi connectivity index (χ1v) is 8.87. The van der Waals surface area contributed by atoms with Gasteiger partial charge in [-0.05, 0) is 44.9 Å². The number of aliphatic hydroxyl groups excluding tert-OH is 1. The Hall–Kier alpha value is -0.160. The van der Waals surface area contributed by atoms with Crippen LogP contribution in [0.3, 0.4) is 0 Å². The van der Waals surface area contributed by atoms with E-state index in [4.69, 9.17) is 9.47 Å². The zero-order chi connectivity index (χ0) is 14.7. The number of fused-ring (bicyclic) bond motifs is 1. The molecule has 3 fully saturated rings. The van der Waals surface area contributed by atoms with Gasteiger partial charge in [0.05, 0.1) is 25.4 Å². The van der Waals surface area contributed by atoms with Gasteiger partial charge < -0.3 is 14.6 Å². The summed E-state index contributed by atoms with van der Waals surface area (Å²) in [4.78, 5) is 2.55. The van der Waals surface area contributed by atoms with E-state index in [1.807, 2.05) is 0 Å². The Morgan fingerprint density at radius 3 is 2.90 bits per heavy atom. The lowest BCUT2D eigenvalue weighted by Crippen LogP contribution is -2.43. The first kappa shape index (κ1) is 15.7. The molecule has 0 aromatic carbocycles. The van der Waals surface area contributed by atoms with Gasteiger partial charge in [-0.15, -0.1) is 0 Å². The summed E-state index contributed by atoms with van der Waals surface area (Å²) in [5.74, 6) is 0.869. The monoisotopic (exact) mass is 297 g/mol. The van der Waals surface area contributed by atoms with Crippen LogP contribution in [0.15, 0.2) is 0 Å². The van der Waals surface area contributed by atoms with Crippen molar-refractivity contribution in [3.8, 4) is 0 Å². The van der Waals surface area contributed by atoms with Gasteiger partial charge in [0.15, 0.2) is 0 Å². The second-order valence-electron chi connectivity index (χ2n) is 7.22. The van der Waals surface area contributed by atoms with Crippen LogP contribution in [0, 0.1) is 5.92 Å². The lowest BCUT2D eigenvalue weighted by atomic mass is 9.85. The molecular weight excluding hydrogens is 266 g/mol. The van der Waals surface area contributed by atoms with Gasteiger partial charge in [-0.3, -0.25) is 4.90 Å². The molecule has 5 atom stereocenters. The lowest BCUT2D eigenvalue weighted by Gasteiger charge is -2.34. The van der Waals surface area contributed by atoms with E-state index in [9.17, 15) is 5.11 Å². The molecule has 1 aliphatic carbocycles. The number of ether oxygens (including phenoxy) is 2. The van der Waals surface area contributed by atoms with E-state index in [2.05, 4.69) is 11.8 Å². The Bertz CT molecular complexity index is 319. The smallest absolute Gasteiger partial charge is 0.0900 e. The first-order valence-electron chi connectivity index (χ1n) is 8.87. The number of β-amino-alcohol motifs (C(OH)–C–C–N with tert-alkyl or cyclic N) is 1. The molecule has 4 nitrogen and oxygen atoms in total. The Labute approximate surface area is 128 Å². The fraction of sp³-hybridized carbons (Fsp3) is 1.00. The molecule has 1 N–H and O–H groups in total. The molecule has 2 saturated heterocycles. The number of aliphatic hydroxyl groups is 1. The van der Waals surface area contributed by atoms with Crippen molar-refractivity contribution >= 4 is 0 Å². The Morgan fingerprint density at radius 1 is 1.24 bits per heavy atom. The summed E-state index contributed by atoms with van der Waals surface area (Å²) in [7, 11) is 0. The van der Waals surface area contributed by atoms with Crippen LogP contribution < -0.4 is 0 Å². The molecule has 2 heterocycles. The third kappa shape index (κ3) is 3.98. The molecular formula is C17H31NO3. The maximum Gasteiger partial charge on any atom is 0.0900 e. The minimum absolute atomic E-state index is 0.255. The Kier molecular flexibility index (Phi) is 5.54. The minimum Gasteiger partial charge on any atom is -0.389 e. The van der Waals surface area contributed by atoms with E-state index in [1.54, 1.807) is 0 Å². The van der Waals surface area contributed by atoms with Crippen molar-refractivity contribution in [2.45, 2.75) is 76.2 Å². The average Bonchev–Trinajstić information content (AvgIpc) is 3.08. The van der Waals surface area contributed by atoms with E-state index in [0.717, 1.165) is 31.9 Å². The summed E-state index contributed by atoms with van der Waals surface area (Å²) >= 11 is 0. The molecule has 0 amide bonds. The van der Waals surface area contributed by atoms with E-state index >= 15 is 0 Å². The van der Waals surface area contributed by atoms with E-state index in [-0.39, 0.29) is 12.2 Å². The highest BCUT2D eigenvalue weighted by atomic mass is 16.5. The van der Waals surface area contributed by atoms with Crippen LogP contribution in [-0.4, -0.2) is 60.7 Å². The summed E-state index contributed by atoms with van der Waals surface area (Å²) in [6.07, 6.45) is 8.91. The van der Waals surface area contributed by atoms with Gasteiger partial charge >= 0.3 is 0 Å². The van der Waals surface area contributed by atoms with E-state index in [1.165, 1.54) is 32.1 Å². The van der Waals surface area contributed by atoms with Crippen LogP contribution in [0.5, 0.6) is 0 Å². The number of rotatable bonds is 6. The standard InChI is InChI=1S/C17H31NO3/c1-13-9-14-5-2-3-7-17(14)18(13)10-15(19)11-20-12-16-6-4-8-21-16/h13-17,19H,2-12H2,1H3. The molecule has 122 valence electrons. The molecule has 3 aliphatic rings. The molecule has 0 radical (unpaired) electrons. The highest BCUT2D eigenvalue weighted by Gasteiger charge is 2.40. The number of nitrogens with zero attached hydrogens (tertiary/aromatic N) is 1. The van der Waals surface area contributed by atoms with Gasteiger partial charge in [-0.2, -0.15) is 0 Å². The van der Waals surface area contributed by atoms with Crippen LogP contribution in [0.25, 0.3) is 0 Å². The molecule has 21 heavy (non-hydrogen) atoms. The van der Waals surface area contributed by atoms with Crippen molar-refractivity contribution in [2.75, 3.05) is 26.4 Å². The van der Waals surface area contributed by atoms with Gasteiger partial charge in [-0.1, -0.05) is 12.8 Å². The molecule has 0 aromatic rings. The number of likely N-dealkylation sites (tertiary alicyclic amines) is 1. The zero-order valence-electron chi connectivity index (χ0n) is 13.4. The maximum absolute atomic E-state index is 10.3. The third-order valence-electron chi connectivity index (χ3n) is 5.56. The Balaban J connectivity index is 1.40. The topological polar surface area (TPSA) is 41.9 Å². The third-order valence-corrected chi connectivity index (χ3v) is 5.56. The van der Waals surface area contributed by atoms with Gasteiger partial charge in [0.1, 0.15) is 0 Å². The molecule has 0 bridgehead atoms. The maximum atomic E-state index is 10.3. The highest BCUT2D eigenvalue weighted by molar-refractivity contribution is 4.94. The summed E-state index contributed by atoms with van der Waals surface area (Å²) in [6, 6.07) is 1.33. The number of hydrogen-bond donors (Lipinski definition) is 1. The summed E-state index contributed by atoms with van der Waals surface area (Å²) in [5, 5.41) is 10.3. The summed E-state index contributed by atoms with van der Waals surface area (Å²) in [6.45, 7) is 5.04. The van der Waals surface area contributed by atoms with Crippen LogP contribution in [-0.2, 0) is 9.47 Å². The van der Waals surface area contributed by atoms with Crippen LogP contribution >= 0.6 is 0 Å². The molecule has 2 aliphatic heterocycles. The molecule has 1 saturated carbocycles. The van der Waals surface area contributed by atoms with Gasteiger partial charge in [0.2, 0.25) is 0 Å². The van der Waals surface area contributed by atoms with Crippen molar-refractivity contribution in [1.29, 1.82) is 0 Å². The minimum atomic E-state index is -0.366. The SMILES string of the molecule is CC1CC2CCCCC2N1CC(O)COCC1CCCO1. The molecule has 0 spiro atoms. The van der Waals surface area contributed by atoms with Gasteiger partial charge in [0.25, 0.3) is 0 Å². The molecule has 0 aromatic heterocycles. The van der Waals surface area contributed by atoms with Crippen molar-refractivity contribution in [2.24, 2.45) is 5.92 Å². The average molecular weight is 297 g/mol. The summed E-state index contributed by atoms with van der Waals surface area (Å²) in [5.41, 5.74) is 0. The van der Waals surface area contributed by atoms with Crippen molar-refractivity contribution in [1.82, 2.24) is 4.90 Å². The fourth-order valence-corrected chi connectivity index (χ4v) is 4.52. The van der Waals surface area contributed by atoms with Crippen LogP contribution in [0.4, 0.5) is 0 Å². The quantitative estimate of drug-likeness (QED) is 0.816. The predicted molar refractivity (Wildman–Crippen MR) is 82.3 cm³/mol. The second kappa shape index (κ2) is 7.40. The Morgan fingerprint density at radius 2 is 2.10 bits per heavy atom. The highest BCUT2D eigenvalue weighted by Crippen LogP contribution is 2.39. The van der Waals surface area contributed by atoms with Crippen molar-refractivity contribution < 1.29 is 14.6 Å². The second-order valence-corrected chi connectivity index (χ2v) is 7.22. The first-order chi connectivity index (χ1) is 10.2. The molecule has 5 unspecified atom stereocenters. The van der Waals surface area contributed by atoms with E-state index in [0.29, 0.717) is 25.3 Å². The van der Waals surface area contributed by atoms with Gasteiger partial charge in [0, 0.05) is 25.2 Å². The predicted octanol–water partition coefficient (Wildman–Crippen LogP) is 2.20. The zero-order valence-corrected chi connectivity index (χ0v) is 13.4. The lowest BCUT2D eigenvalue weighted by molar-refractivity contribution is -0.0304. The molecule has 4 heteroatoms. The van der Waals surface area contributed by atoms with Crippen molar-refractivity contribution in [3.63, 3.8) is 0 Å². The summed E-state index contributed by atoms with van der Waals surface area (Å²) < 4.78 is 11.2. The van der Waals surface area contributed by atoms with E-state index < -0.39 is 0 Å².